The van der Waals surface area contributed by atoms with Crippen LogP contribution in [0.25, 0.3) is 11.3 Å². The number of anilines is 1. The molecule has 0 saturated carbocycles. The Labute approximate surface area is 201 Å². The predicted octanol–water partition coefficient (Wildman–Crippen LogP) is 7.36. The Morgan fingerprint density at radius 2 is 1.78 bits per heavy atom. The Hall–Kier alpha value is -2.86. The molecule has 32 heavy (non-hydrogen) atoms. The zero-order valence-corrected chi connectivity index (χ0v) is 19.6. The number of ether oxygens (including phenoxy) is 1. The molecule has 162 valence electrons. The van der Waals surface area contributed by atoms with E-state index in [1.54, 1.807) is 41.3 Å². The molecule has 0 aliphatic rings. The normalized spacial score (nSPS) is 10.7. The Kier molecular flexibility index (Phi) is 7.10. The van der Waals surface area contributed by atoms with Crippen LogP contribution in [0, 0.1) is 0 Å². The molecule has 4 rings (SSSR count). The molecule has 0 atom stereocenters. The number of hydrogen-bond donors (Lipinski definition) is 0. The zero-order valence-electron chi connectivity index (χ0n) is 17.3. The number of carbonyl (C=O) groups is 1. The number of halogens is 2. The summed E-state index contributed by atoms with van der Waals surface area (Å²) in [5.41, 5.74) is 3.04. The van der Waals surface area contributed by atoms with Crippen LogP contribution in [0.3, 0.4) is 0 Å². The molecule has 0 radical (unpaired) electrons. The lowest BCUT2D eigenvalue weighted by molar-refractivity contribution is 0.0985. The molecule has 1 amide bonds. The van der Waals surface area contributed by atoms with Gasteiger partial charge < -0.3 is 4.74 Å². The molecule has 0 aliphatic carbocycles. The molecule has 0 spiro atoms. The number of hydrogen-bond acceptors (Lipinski definition) is 4. The first kappa shape index (κ1) is 22.3. The monoisotopic (exact) mass is 482 g/mol. The molecule has 1 heterocycles. The van der Waals surface area contributed by atoms with Crippen LogP contribution in [-0.2, 0) is 6.54 Å². The van der Waals surface area contributed by atoms with Crippen molar-refractivity contribution in [3.63, 3.8) is 0 Å². The van der Waals surface area contributed by atoms with Crippen molar-refractivity contribution in [1.82, 2.24) is 4.98 Å². The number of nitrogens with zero attached hydrogens (tertiary/aromatic N) is 2. The van der Waals surface area contributed by atoms with Crippen LogP contribution in [-0.4, -0.2) is 17.5 Å². The van der Waals surface area contributed by atoms with Crippen LogP contribution in [0.2, 0.25) is 10.0 Å². The smallest absolute Gasteiger partial charge is 0.260 e. The lowest BCUT2D eigenvalue weighted by Gasteiger charge is -2.20. The fourth-order valence-electron chi connectivity index (χ4n) is 3.22. The van der Waals surface area contributed by atoms with Crippen molar-refractivity contribution in [2.24, 2.45) is 0 Å². The van der Waals surface area contributed by atoms with Gasteiger partial charge >= 0.3 is 0 Å². The zero-order chi connectivity index (χ0) is 22.5. The highest BCUT2D eigenvalue weighted by atomic mass is 35.5. The maximum absolute atomic E-state index is 13.5. The third-order valence-corrected chi connectivity index (χ3v) is 6.18. The molecule has 0 fully saturated rings. The Morgan fingerprint density at radius 1 is 1.03 bits per heavy atom. The van der Waals surface area contributed by atoms with E-state index < -0.39 is 0 Å². The third-order valence-electron chi connectivity index (χ3n) is 4.77. The van der Waals surface area contributed by atoms with E-state index in [9.17, 15) is 4.79 Å². The van der Waals surface area contributed by atoms with Crippen molar-refractivity contribution < 1.29 is 9.53 Å². The van der Waals surface area contributed by atoms with Crippen molar-refractivity contribution in [2.75, 3.05) is 11.5 Å². The SMILES string of the molecule is CCOc1ccc(C(=O)N(Cc2ccccc2)c2nc(-c3ccc(Cl)cc3Cl)cs2)cc1. The molecule has 0 N–H and O–H groups in total. The fourth-order valence-corrected chi connectivity index (χ4v) is 4.55. The van der Waals surface area contributed by atoms with Crippen LogP contribution >= 0.6 is 34.5 Å². The van der Waals surface area contributed by atoms with E-state index in [2.05, 4.69) is 0 Å². The van der Waals surface area contributed by atoms with E-state index in [0.717, 1.165) is 16.9 Å². The second-order valence-electron chi connectivity index (χ2n) is 6.97. The second kappa shape index (κ2) is 10.2. The minimum absolute atomic E-state index is 0.139. The van der Waals surface area contributed by atoms with E-state index >= 15 is 0 Å². The highest BCUT2D eigenvalue weighted by Gasteiger charge is 2.22. The molecule has 4 aromatic rings. The summed E-state index contributed by atoms with van der Waals surface area (Å²) in [6.45, 7) is 2.89. The molecule has 0 unspecified atom stereocenters. The minimum Gasteiger partial charge on any atom is -0.494 e. The highest BCUT2D eigenvalue weighted by molar-refractivity contribution is 7.14. The number of carbonyl (C=O) groups excluding carboxylic acids is 1. The number of aromatic nitrogens is 1. The van der Waals surface area contributed by atoms with Gasteiger partial charge in [-0.15, -0.1) is 11.3 Å². The minimum atomic E-state index is -0.139. The summed E-state index contributed by atoms with van der Waals surface area (Å²) in [4.78, 5) is 19.9. The number of thiazole rings is 1. The summed E-state index contributed by atoms with van der Waals surface area (Å²) < 4.78 is 5.50. The van der Waals surface area contributed by atoms with Gasteiger partial charge in [-0.2, -0.15) is 0 Å². The molecular weight excluding hydrogens is 463 g/mol. The van der Waals surface area contributed by atoms with E-state index in [-0.39, 0.29) is 5.91 Å². The summed E-state index contributed by atoms with van der Waals surface area (Å²) in [5, 5.41) is 3.56. The molecule has 0 aliphatic heterocycles. The van der Waals surface area contributed by atoms with E-state index in [4.69, 9.17) is 32.9 Å². The number of benzene rings is 3. The molecule has 4 nitrogen and oxygen atoms in total. The van der Waals surface area contributed by atoms with Crippen molar-refractivity contribution >= 4 is 45.6 Å². The van der Waals surface area contributed by atoms with Gasteiger partial charge in [0.2, 0.25) is 0 Å². The Bertz CT molecular complexity index is 1210. The standard InChI is InChI=1S/C25H20Cl2N2O2S/c1-2-31-20-11-8-18(9-12-20)24(30)29(15-17-6-4-3-5-7-17)25-28-23(16-32-25)21-13-10-19(26)14-22(21)27/h3-14,16H,2,15H2,1H3. The van der Waals surface area contributed by atoms with Crippen molar-refractivity contribution in [1.29, 1.82) is 0 Å². The van der Waals surface area contributed by atoms with Gasteiger partial charge in [0.1, 0.15) is 5.75 Å². The van der Waals surface area contributed by atoms with E-state index in [1.807, 2.05) is 48.7 Å². The molecule has 0 saturated heterocycles. The van der Waals surface area contributed by atoms with Gasteiger partial charge in [-0.25, -0.2) is 4.98 Å². The first-order chi connectivity index (χ1) is 15.5. The van der Waals surface area contributed by atoms with E-state index in [1.165, 1.54) is 11.3 Å². The summed E-state index contributed by atoms with van der Waals surface area (Å²) >= 11 is 13.8. The Morgan fingerprint density at radius 3 is 2.47 bits per heavy atom. The Balaban J connectivity index is 1.68. The summed E-state index contributed by atoms with van der Waals surface area (Å²) in [7, 11) is 0. The van der Waals surface area contributed by atoms with Crippen molar-refractivity contribution in [2.45, 2.75) is 13.5 Å². The quantitative estimate of drug-likeness (QED) is 0.276. The van der Waals surface area contributed by atoms with Gasteiger partial charge in [-0.1, -0.05) is 53.5 Å². The van der Waals surface area contributed by atoms with Gasteiger partial charge in [0, 0.05) is 21.5 Å². The lowest BCUT2D eigenvalue weighted by Crippen LogP contribution is -2.30. The third kappa shape index (κ3) is 5.13. The van der Waals surface area contributed by atoms with Gasteiger partial charge in [0.15, 0.2) is 5.13 Å². The second-order valence-corrected chi connectivity index (χ2v) is 8.65. The first-order valence-electron chi connectivity index (χ1n) is 10.0. The highest BCUT2D eigenvalue weighted by Crippen LogP contribution is 2.34. The van der Waals surface area contributed by atoms with Crippen LogP contribution in [0.1, 0.15) is 22.8 Å². The molecule has 3 aromatic carbocycles. The predicted molar refractivity (Wildman–Crippen MR) is 132 cm³/mol. The molecule has 1 aromatic heterocycles. The van der Waals surface area contributed by atoms with Crippen LogP contribution < -0.4 is 9.64 Å². The largest absolute Gasteiger partial charge is 0.494 e. The van der Waals surface area contributed by atoms with Crippen LogP contribution in [0.5, 0.6) is 5.75 Å². The fraction of sp³-hybridized carbons (Fsp3) is 0.120. The van der Waals surface area contributed by atoms with Crippen molar-refractivity contribution in [3.05, 3.63) is 99.3 Å². The van der Waals surface area contributed by atoms with Gasteiger partial charge in [0.05, 0.1) is 23.9 Å². The molecule has 0 bridgehead atoms. The summed E-state index contributed by atoms with van der Waals surface area (Å²) in [6, 6.07) is 22.3. The lowest BCUT2D eigenvalue weighted by atomic mass is 10.1. The van der Waals surface area contributed by atoms with Gasteiger partial charge in [0.25, 0.3) is 5.91 Å². The topological polar surface area (TPSA) is 42.4 Å². The maximum Gasteiger partial charge on any atom is 0.260 e. The molecule has 7 heteroatoms. The van der Waals surface area contributed by atoms with Gasteiger partial charge in [-0.3, -0.25) is 9.69 Å². The number of amides is 1. The average Bonchev–Trinajstić information content (AvgIpc) is 3.28. The van der Waals surface area contributed by atoms with Crippen LogP contribution in [0.15, 0.2) is 78.2 Å². The molecular formula is C25H20Cl2N2O2S. The van der Waals surface area contributed by atoms with Crippen LogP contribution in [0.4, 0.5) is 5.13 Å². The average molecular weight is 483 g/mol. The number of rotatable bonds is 7. The van der Waals surface area contributed by atoms with Gasteiger partial charge in [-0.05, 0) is 55.0 Å². The first-order valence-corrected chi connectivity index (χ1v) is 11.7. The maximum atomic E-state index is 13.5. The van der Waals surface area contributed by atoms with E-state index in [0.29, 0.717) is 39.6 Å². The summed E-state index contributed by atoms with van der Waals surface area (Å²) in [6.07, 6.45) is 0. The van der Waals surface area contributed by atoms with Crippen molar-refractivity contribution in [3.8, 4) is 17.0 Å². The summed E-state index contributed by atoms with van der Waals surface area (Å²) in [5.74, 6) is 0.590.